The normalized spacial score (nSPS) is 37.1. The summed E-state index contributed by atoms with van der Waals surface area (Å²) in [5.41, 5.74) is 0. The zero-order valence-corrected chi connectivity index (χ0v) is 13.4. The second-order valence-corrected chi connectivity index (χ2v) is 7.09. The molecule has 4 unspecified atom stereocenters. The van der Waals surface area contributed by atoms with Gasteiger partial charge < -0.3 is 15.1 Å². The van der Waals surface area contributed by atoms with E-state index in [9.17, 15) is 0 Å². The molecule has 3 nitrogen and oxygen atoms in total. The van der Waals surface area contributed by atoms with Gasteiger partial charge in [-0.15, -0.1) is 0 Å². The average molecular weight is 267 g/mol. The van der Waals surface area contributed by atoms with Crippen molar-refractivity contribution in [3.8, 4) is 0 Å². The van der Waals surface area contributed by atoms with Gasteiger partial charge in [0.25, 0.3) is 0 Å². The van der Waals surface area contributed by atoms with Crippen LogP contribution in [0, 0.1) is 11.8 Å². The van der Waals surface area contributed by atoms with Gasteiger partial charge in [-0.3, -0.25) is 0 Å². The summed E-state index contributed by atoms with van der Waals surface area (Å²) in [4.78, 5) is 5.02. The van der Waals surface area contributed by atoms with E-state index in [0.717, 1.165) is 23.9 Å². The van der Waals surface area contributed by atoms with Crippen LogP contribution in [0.1, 0.15) is 39.5 Å². The van der Waals surface area contributed by atoms with Crippen molar-refractivity contribution in [1.82, 2.24) is 15.1 Å². The fraction of sp³-hybridized carbons (Fsp3) is 1.00. The van der Waals surface area contributed by atoms with E-state index in [1.807, 2.05) is 0 Å². The molecule has 3 heteroatoms. The lowest BCUT2D eigenvalue weighted by Gasteiger charge is -2.30. The number of nitrogens with zero attached hydrogens (tertiary/aromatic N) is 2. The van der Waals surface area contributed by atoms with Crippen molar-refractivity contribution >= 4 is 0 Å². The predicted molar refractivity (Wildman–Crippen MR) is 82.5 cm³/mol. The molecule has 1 saturated carbocycles. The summed E-state index contributed by atoms with van der Waals surface area (Å²) in [5, 5.41) is 3.80. The first-order valence-corrected chi connectivity index (χ1v) is 8.20. The van der Waals surface area contributed by atoms with Crippen molar-refractivity contribution in [3.63, 3.8) is 0 Å². The van der Waals surface area contributed by atoms with E-state index in [2.05, 4.69) is 43.1 Å². The van der Waals surface area contributed by atoms with Crippen LogP contribution in [0.15, 0.2) is 0 Å². The fourth-order valence-electron chi connectivity index (χ4n) is 3.93. The van der Waals surface area contributed by atoms with Crippen LogP contribution in [0.5, 0.6) is 0 Å². The lowest BCUT2D eigenvalue weighted by molar-refractivity contribution is 0.242. The van der Waals surface area contributed by atoms with E-state index in [-0.39, 0.29) is 0 Å². The number of nitrogens with one attached hydrogen (secondary N) is 1. The number of likely N-dealkylation sites (tertiary alicyclic amines) is 1. The highest BCUT2D eigenvalue weighted by Crippen LogP contribution is 2.24. The maximum atomic E-state index is 3.80. The zero-order valence-electron chi connectivity index (χ0n) is 13.4. The lowest BCUT2D eigenvalue weighted by Crippen LogP contribution is -2.41. The van der Waals surface area contributed by atoms with Crippen LogP contribution in [0.4, 0.5) is 0 Å². The molecule has 0 aromatic rings. The maximum absolute atomic E-state index is 3.80. The smallest absolute Gasteiger partial charge is 0.0254 e. The number of likely N-dealkylation sites (N-methyl/N-ethyl adjacent to an activating group) is 1. The van der Waals surface area contributed by atoms with E-state index in [1.54, 1.807) is 0 Å². The summed E-state index contributed by atoms with van der Waals surface area (Å²) in [7, 11) is 4.43. The summed E-state index contributed by atoms with van der Waals surface area (Å²) in [6, 6.07) is 1.52. The number of hydrogen-bond donors (Lipinski definition) is 1. The van der Waals surface area contributed by atoms with Gasteiger partial charge in [-0.25, -0.2) is 0 Å². The van der Waals surface area contributed by atoms with Gasteiger partial charge in [-0.05, 0) is 38.8 Å². The van der Waals surface area contributed by atoms with E-state index < -0.39 is 0 Å². The molecule has 1 saturated heterocycles. The molecule has 0 aromatic carbocycles. The van der Waals surface area contributed by atoms with Crippen LogP contribution >= 0.6 is 0 Å². The van der Waals surface area contributed by atoms with E-state index in [1.165, 1.54) is 51.9 Å². The van der Waals surface area contributed by atoms with E-state index in [0.29, 0.717) is 0 Å². The highest BCUT2D eigenvalue weighted by atomic mass is 15.2. The molecule has 1 aliphatic heterocycles. The highest BCUT2D eigenvalue weighted by molar-refractivity contribution is 4.87. The van der Waals surface area contributed by atoms with E-state index >= 15 is 0 Å². The largest absolute Gasteiger partial charge is 0.312 e. The quantitative estimate of drug-likeness (QED) is 0.822. The third kappa shape index (κ3) is 4.17. The van der Waals surface area contributed by atoms with Crippen LogP contribution in [-0.4, -0.2) is 62.2 Å². The summed E-state index contributed by atoms with van der Waals surface area (Å²) < 4.78 is 0. The second-order valence-electron chi connectivity index (χ2n) is 7.09. The Hall–Kier alpha value is -0.120. The van der Waals surface area contributed by atoms with Crippen molar-refractivity contribution in [2.24, 2.45) is 11.8 Å². The molecule has 1 aliphatic carbocycles. The molecule has 2 fully saturated rings. The minimum absolute atomic E-state index is 0.744. The molecule has 0 spiro atoms. The summed E-state index contributed by atoms with van der Waals surface area (Å²) in [5.74, 6) is 1.68. The standard InChI is InChI=1S/C16H33N3/c1-13-7-5-6-8-15(13)17-9-10-19-11-14(2)16(12-19)18(3)4/h13-17H,5-12H2,1-4H3. The molecule has 0 bridgehead atoms. The molecule has 112 valence electrons. The maximum Gasteiger partial charge on any atom is 0.0254 e. The Bertz CT molecular complexity index is 267. The fourth-order valence-corrected chi connectivity index (χ4v) is 3.93. The molecular weight excluding hydrogens is 234 g/mol. The van der Waals surface area contributed by atoms with Crippen LogP contribution in [0.25, 0.3) is 0 Å². The van der Waals surface area contributed by atoms with Gasteiger partial charge >= 0.3 is 0 Å². The highest BCUT2D eigenvalue weighted by Gasteiger charge is 2.30. The zero-order chi connectivity index (χ0) is 13.8. The van der Waals surface area contributed by atoms with Gasteiger partial charge in [0.05, 0.1) is 0 Å². The molecule has 0 aromatic heterocycles. The van der Waals surface area contributed by atoms with Gasteiger partial charge in [0.15, 0.2) is 0 Å². The minimum atomic E-state index is 0.744. The molecule has 0 amide bonds. The number of hydrogen-bond acceptors (Lipinski definition) is 3. The van der Waals surface area contributed by atoms with Gasteiger partial charge in [0.2, 0.25) is 0 Å². The van der Waals surface area contributed by atoms with Gasteiger partial charge in [0, 0.05) is 38.3 Å². The third-order valence-electron chi connectivity index (χ3n) is 5.26. The number of rotatable bonds is 5. The van der Waals surface area contributed by atoms with Gasteiger partial charge in [-0.1, -0.05) is 26.7 Å². The third-order valence-corrected chi connectivity index (χ3v) is 5.26. The predicted octanol–water partition coefficient (Wildman–Crippen LogP) is 2.04. The monoisotopic (exact) mass is 267 g/mol. The van der Waals surface area contributed by atoms with Crippen molar-refractivity contribution in [2.45, 2.75) is 51.6 Å². The lowest BCUT2D eigenvalue weighted by atomic mass is 9.86. The first-order chi connectivity index (χ1) is 9.08. The van der Waals surface area contributed by atoms with Crippen LogP contribution in [-0.2, 0) is 0 Å². The Morgan fingerprint density at radius 2 is 1.79 bits per heavy atom. The van der Waals surface area contributed by atoms with Gasteiger partial charge in [-0.2, -0.15) is 0 Å². The molecule has 1 N–H and O–H groups in total. The van der Waals surface area contributed by atoms with Crippen LogP contribution < -0.4 is 5.32 Å². The minimum Gasteiger partial charge on any atom is -0.312 e. The first-order valence-electron chi connectivity index (χ1n) is 8.20. The Balaban J connectivity index is 1.66. The molecule has 19 heavy (non-hydrogen) atoms. The average Bonchev–Trinajstić information content (AvgIpc) is 2.73. The van der Waals surface area contributed by atoms with Crippen LogP contribution in [0.3, 0.4) is 0 Å². The van der Waals surface area contributed by atoms with Crippen molar-refractivity contribution in [2.75, 3.05) is 40.3 Å². The summed E-state index contributed by atoms with van der Waals surface area (Å²) in [6.45, 7) is 9.71. The Labute approximate surface area is 119 Å². The Kier molecular flexibility index (Phi) is 5.67. The molecule has 1 heterocycles. The van der Waals surface area contributed by atoms with Gasteiger partial charge in [0.1, 0.15) is 0 Å². The Morgan fingerprint density at radius 3 is 2.42 bits per heavy atom. The SMILES string of the molecule is CC1CCCCC1NCCN1CC(C)C(N(C)C)C1. The summed E-state index contributed by atoms with van der Waals surface area (Å²) in [6.07, 6.45) is 5.66. The van der Waals surface area contributed by atoms with Crippen molar-refractivity contribution in [3.05, 3.63) is 0 Å². The van der Waals surface area contributed by atoms with Crippen LogP contribution in [0.2, 0.25) is 0 Å². The molecule has 2 aliphatic rings. The Morgan fingerprint density at radius 1 is 1.05 bits per heavy atom. The molecular formula is C16H33N3. The molecule has 2 rings (SSSR count). The second kappa shape index (κ2) is 7.05. The molecule has 4 atom stereocenters. The summed E-state index contributed by atoms with van der Waals surface area (Å²) >= 11 is 0. The van der Waals surface area contributed by atoms with Crippen molar-refractivity contribution in [1.29, 1.82) is 0 Å². The topological polar surface area (TPSA) is 18.5 Å². The molecule has 0 radical (unpaired) electrons. The van der Waals surface area contributed by atoms with Crippen molar-refractivity contribution < 1.29 is 0 Å². The van der Waals surface area contributed by atoms with E-state index in [4.69, 9.17) is 0 Å². The first kappa shape index (κ1) is 15.3.